The Morgan fingerprint density at radius 1 is 1.32 bits per heavy atom. The van der Waals surface area contributed by atoms with E-state index in [4.69, 9.17) is 4.74 Å². The summed E-state index contributed by atoms with van der Waals surface area (Å²) in [5.74, 6) is 0.750. The minimum Gasteiger partial charge on any atom is -0.385 e. The molecule has 0 saturated heterocycles. The fourth-order valence-corrected chi connectivity index (χ4v) is 2.37. The molecule has 2 nitrogen and oxygen atoms in total. The van der Waals surface area contributed by atoms with Gasteiger partial charge in [-0.1, -0.05) is 6.07 Å². The third-order valence-corrected chi connectivity index (χ3v) is 3.70. The first kappa shape index (κ1) is 16.5. The van der Waals surface area contributed by atoms with Gasteiger partial charge in [-0.05, 0) is 44.9 Å². The highest BCUT2D eigenvalue weighted by Gasteiger charge is 2.09. The summed E-state index contributed by atoms with van der Waals surface area (Å²) in [6, 6.07) is 5.48. The lowest BCUT2D eigenvalue weighted by atomic mass is 10.1. The number of thioether (sulfide) groups is 1. The highest BCUT2D eigenvalue weighted by Crippen LogP contribution is 2.23. The van der Waals surface area contributed by atoms with Crippen LogP contribution in [0.15, 0.2) is 23.1 Å². The number of benzene rings is 1. The van der Waals surface area contributed by atoms with E-state index in [9.17, 15) is 4.39 Å². The summed E-state index contributed by atoms with van der Waals surface area (Å²) in [5, 5.41) is 3.35. The van der Waals surface area contributed by atoms with Gasteiger partial charge in [-0.2, -0.15) is 0 Å². The lowest BCUT2D eigenvalue weighted by molar-refractivity contribution is 0.200. The zero-order valence-electron chi connectivity index (χ0n) is 12.3. The Kier molecular flexibility index (Phi) is 6.83. The summed E-state index contributed by atoms with van der Waals surface area (Å²) in [5.41, 5.74) is 1.03. The third kappa shape index (κ3) is 6.95. The van der Waals surface area contributed by atoms with E-state index in [-0.39, 0.29) is 11.4 Å². The maximum atomic E-state index is 13.9. The summed E-state index contributed by atoms with van der Waals surface area (Å²) in [6.45, 7) is 7.72. The number of nitrogens with one attached hydrogen (secondary N) is 1. The highest BCUT2D eigenvalue weighted by atomic mass is 32.2. The Morgan fingerprint density at radius 3 is 2.63 bits per heavy atom. The van der Waals surface area contributed by atoms with Crippen LogP contribution in [0.1, 0.15) is 32.8 Å². The molecule has 0 radical (unpaired) electrons. The van der Waals surface area contributed by atoms with Gasteiger partial charge < -0.3 is 10.1 Å². The number of hydrogen-bond donors (Lipinski definition) is 1. The molecule has 19 heavy (non-hydrogen) atoms. The lowest BCUT2D eigenvalue weighted by Crippen LogP contribution is -2.35. The second-order valence-electron chi connectivity index (χ2n) is 5.56. The fourth-order valence-electron chi connectivity index (χ4n) is 1.52. The molecule has 1 rings (SSSR count). The van der Waals surface area contributed by atoms with Gasteiger partial charge >= 0.3 is 0 Å². The SMILES string of the molecule is COCCCSc1ccc(CNC(C)(C)C)cc1F. The van der Waals surface area contributed by atoms with Crippen molar-refractivity contribution in [1.29, 1.82) is 0 Å². The molecule has 0 amide bonds. The van der Waals surface area contributed by atoms with Crippen LogP contribution in [0.4, 0.5) is 4.39 Å². The van der Waals surface area contributed by atoms with E-state index in [1.165, 1.54) is 0 Å². The molecule has 0 aliphatic rings. The predicted molar refractivity (Wildman–Crippen MR) is 80.2 cm³/mol. The molecule has 0 saturated carbocycles. The molecule has 4 heteroatoms. The molecule has 108 valence electrons. The molecule has 1 aromatic rings. The molecule has 0 heterocycles. The van der Waals surface area contributed by atoms with Gasteiger partial charge in [0.1, 0.15) is 5.82 Å². The maximum absolute atomic E-state index is 13.9. The smallest absolute Gasteiger partial charge is 0.137 e. The van der Waals surface area contributed by atoms with Crippen LogP contribution in [-0.4, -0.2) is 25.0 Å². The Morgan fingerprint density at radius 2 is 2.05 bits per heavy atom. The summed E-state index contributed by atoms with van der Waals surface area (Å²) in [7, 11) is 1.68. The first-order valence-electron chi connectivity index (χ1n) is 6.57. The van der Waals surface area contributed by atoms with Gasteiger partial charge in [0.2, 0.25) is 0 Å². The predicted octanol–water partition coefficient (Wildman–Crippen LogP) is 3.84. The van der Waals surface area contributed by atoms with Gasteiger partial charge in [0, 0.05) is 36.4 Å². The molecule has 1 aromatic carbocycles. The lowest BCUT2D eigenvalue weighted by Gasteiger charge is -2.20. The molecule has 0 bridgehead atoms. The quantitative estimate of drug-likeness (QED) is 0.607. The van der Waals surface area contributed by atoms with Crippen molar-refractivity contribution in [2.45, 2.75) is 44.2 Å². The Hall–Kier alpha value is -0.580. The molecule has 0 aliphatic heterocycles. The number of ether oxygens (including phenoxy) is 1. The van der Waals surface area contributed by atoms with Crippen molar-refractivity contribution >= 4 is 11.8 Å². The molecule has 0 aliphatic carbocycles. The molecular formula is C15H24FNOS. The van der Waals surface area contributed by atoms with E-state index in [0.717, 1.165) is 29.2 Å². The first-order valence-corrected chi connectivity index (χ1v) is 7.56. The third-order valence-electron chi connectivity index (χ3n) is 2.57. The van der Waals surface area contributed by atoms with Crippen LogP contribution >= 0.6 is 11.8 Å². The Balaban J connectivity index is 2.49. The van der Waals surface area contributed by atoms with E-state index >= 15 is 0 Å². The van der Waals surface area contributed by atoms with E-state index in [1.807, 2.05) is 12.1 Å². The van der Waals surface area contributed by atoms with Crippen molar-refractivity contribution < 1.29 is 9.13 Å². The van der Waals surface area contributed by atoms with Crippen molar-refractivity contribution in [2.75, 3.05) is 19.5 Å². The largest absolute Gasteiger partial charge is 0.385 e. The highest BCUT2D eigenvalue weighted by molar-refractivity contribution is 7.99. The number of methoxy groups -OCH3 is 1. The van der Waals surface area contributed by atoms with E-state index in [1.54, 1.807) is 24.9 Å². The minimum atomic E-state index is -0.129. The summed E-state index contributed by atoms with van der Waals surface area (Å²) < 4.78 is 18.9. The Labute approximate surface area is 120 Å². The van der Waals surface area contributed by atoms with Crippen molar-refractivity contribution in [2.24, 2.45) is 0 Å². The molecule has 1 N–H and O–H groups in total. The second kappa shape index (κ2) is 7.88. The number of rotatable bonds is 7. The summed E-state index contributed by atoms with van der Waals surface area (Å²) >= 11 is 1.54. The van der Waals surface area contributed by atoms with Crippen molar-refractivity contribution in [3.8, 4) is 0 Å². The van der Waals surface area contributed by atoms with E-state index in [0.29, 0.717) is 6.54 Å². The fraction of sp³-hybridized carbons (Fsp3) is 0.600. The van der Waals surface area contributed by atoms with Gasteiger partial charge in [-0.25, -0.2) is 4.39 Å². The molecule has 0 unspecified atom stereocenters. The van der Waals surface area contributed by atoms with Gasteiger partial charge in [0.05, 0.1) is 0 Å². The number of halogens is 1. The van der Waals surface area contributed by atoms with E-state index in [2.05, 4.69) is 26.1 Å². The van der Waals surface area contributed by atoms with Crippen LogP contribution in [0, 0.1) is 5.82 Å². The average molecular weight is 285 g/mol. The Bertz CT molecular complexity index is 390. The van der Waals surface area contributed by atoms with Crippen LogP contribution in [-0.2, 0) is 11.3 Å². The van der Waals surface area contributed by atoms with Gasteiger partial charge in [0.25, 0.3) is 0 Å². The molecular weight excluding hydrogens is 261 g/mol. The molecule has 0 fully saturated rings. The van der Waals surface area contributed by atoms with Crippen LogP contribution in [0.5, 0.6) is 0 Å². The summed E-state index contributed by atoms with van der Waals surface area (Å²) in [4.78, 5) is 0.718. The first-order chi connectivity index (χ1) is 8.92. The second-order valence-corrected chi connectivity index (χ2v) is 6.70. The van der Waals surface area contributed by atoms with Gasteiger partial charge in [-0.3, -0.25) is 0 Å². The van der Waals surface area contributed by atoms with Crippen LogP contribution < -0.4 is 5.32 Å². The maximum Gasteiger partial charge on any atom is 0.137 e. The average Bonchev–Trinajstić information content (AvgIpc) is 2.33. The zero-order chi connectivity index (χ0) is 14.3. The van der Waals surface area contributed by atoms with E-state index < -0.39 is 0 Å². The number of hydrogen-bond acceptors (Lipinski definition) is 3. The van der Waals surface area contributed by atoms with Crippen LogP contribution in [0.2, 0.25) is 0 Å². The molecule has 0 spiro atoms. The van der Waals surface area contributed by atoms with Crippen LogP contribution in [0.3, 0.4) is 0 Å². The van der Waals surface area contributed by atoms with Gasteiger partial charge in [0.15, 0.2) is 0 Å². The molecule has 0 atom stereocenters. The van der Waals surface area contributed by atoms with Gasteiger partial charge in [-0.15, -0.1) is 11.8 Å². The standard InChI is InChI=1S/C15H24FNOS/c1-15(2,3)17-11-12-6-7-14(13(16)10-12)19-9-5-8-18-4/h6-7,10,17H,5,8-9,11H2,1-4H3. The normalized spacial score (nSPS) is 11.8. The van der Waals surface area contributed by atoms with Crippen molar-refractivity contribution in [3.63, 3.8) is 0 Å². The van der Waals surface area contributed by atoms with Crippen molar-refractivity contribution in [3.05, 3.63) is 29.6 Å². The molecule has 0 aromatic heterocycles. The monoisotopic (exact) mass is 285 g/mol. The minimum absolute atomic E-state index is 0.0457. The zero-order valence-corrected chi connectivity index (χ0v) is 13.1. The summed E-state index contributed by atoms with van der Waals surface area (Å²) in [6.07, 6.45) is 0.938. The van der Waals surface area contributed by atoms with Crippen molar-refractivity contribution in [1.82, 2.24) is 5.32 Å². The van der Waals surface area contributed by atoms with Crippen LogP contribution in [0.25, 0.3) is 0 Å². The topological polar surface area (TPSA) is 21.3 Å².